The summed E-state index contributed by atoms with van der Waals surface area (Å²) < 4.78 is 0. The van der Waals surface area contributed by atoms with Crippen LogP contribution in [0, 0.1) is 20.8 Å². The first-order valence-electron chi connectivity index (χ1n) is 26.6. The minimum absolute atomic E-state index is 1.12. The zero-order chi connectivity index (χ0) is 52.3. The van der Waals surface area contributed by atoms with Crippen molar-refractivity contribution in [2.24, 2.45) is 0 Å². The van der Waals surface area contributed by atoms with Crippen molar-refractivity contribution in [3.63, 3.8) is 0 Å². The van der Waals surface area contributed by atoms with Gasteiger partial charge in [-0.1, -0.05) is 291 Å². The summed E-state index contributed by atoms with van der Waals surface area (Å²) in [5.41, 5.74) is 24.3. The lowest BCUT2D eigenvalue weighted by Crippen LogP contribution is -2.65. The van der Waals surface area contributed by atoms with Gasteiger partial charge >= 0.3 is 0 Å². The van der Waals surface area contributed by atoms with Crippen LogP contribution in [0.4, 0.5) is 0 Å². The Morgan fingerprint density at radius 1 is 0.208 bits per heavy atom. The standard InChI is InChI=1S/C75H57ClSi/c1-52-70(58-37-19-7-20-38-58)64(55-31-13-4-14-32-55)49-67(73(52)61-43-25-10-26-44-61)77(76,68-50-65(56-33-15-5-16-34-56)71(59-39-21-8-22-40-59)53(2)74(68)62-45-27-11-28-46-62)69-51-66(57-35-17-6-18-36-57)72(60-41-23-9-24-42-60)54(3)75(69)63-47-29-12-30-48-63/h4-51H,1-3H3. The van der Waals surface area contributed by atoms with Gasteiger partial charge < -0.3 is 0 Å². The molecular formula is C75H57ClSi. The van der Waals surface area contributed by atoms with E-state index in [4.69, 9.17) is 0 Å². The van der Waals surface area contributed by atoms with Gasteiger partial charge in [0.15, 0.2) is 0 Å². The first kappa shape index (κ1) is 49.0. The lowest BCUT2D eigenvalue weighted by molar-refractivity contribution is 1.44. The van der Waals surface area contributed by atoms with Gasteiger partial charge in [-0.15, -0.1) is 11.1 Å². The molecule has 0 radical (unpaired) electrons. The van der Waals surface area contributed by atoms with Crippen molar-refractivity contribution in [1.29, 1.82) is 0 Å². The van der Waals surface area contributed by atoms with Crippen molar-refractivity contribution in [2.75, 3.05) is 0 Å². The normalized spacial score (nSPS) is 11.4. The summed E-state index contributed by atoms with van der Waals surface area (Å²) in [4.78, 5) is 0. The summed E-state index contributed by atoms with van der Waals surface area (Å²) in [6.07, 6.45) is 0. The molecule has 0 fully saturated rings. The maximum Gasteiger partial charge on any atom is 0.249 e. The average molecular weight is 1020 g/mol. The largest absolute Gasteiger partial charge is 0.249 e. The smallest absolute Gasteiger partial charge is 0.149 e. The van der Waals surface area contributed by atoms with Crippen LogP contribution in [0.2, 0.25) is 0 Å². The number of hydrogen-bond acceptors (Lipinski definition) is 0. The van der Waals surface area contributed by atoms with Crippen molar-refractivity contribution in [3.8, 4) is 100 Å². The highest BCUT2D eigenvalue weighted by Gasteiger charge is 2.47. The Hall–Kier alpha value is -8.85. The molecule has 0 saturated carbocycles. The molecule has 2 heteroatoms. The molecule has 0 aromatic heterocycles. The van der Waals surface area contributed by atoms with E-state index in [2.05, 4.69) is 312 Å². The maximum absolute atomic E-state index is 9.91. The van der Waals surface area contributed by atoms with Gasteiger partial charge in [-0.05, 0) is 153 Å². The molecule has 0 saturated heterocycles. The number of benzene rings is 12. The van der Waals surface area contributed by atoms with Gasteiger partial charge in [-0.3, -0.25) is 0 Å². The van der Waals surface area contributed by atoms with Crippen LogP contribution in [0.1, 0.15) is 16.7 Å². The number of rotatable bonds is 12. The number of halogens is 1. The monoisotopic (exact) mass is 1020 g/mol. The van der Waals surface area contributed by atoms with E-state index in [9.17, 15) is 11.1 Å². The Kier molecular flexibility index (Phi) is 13.6. The molecule has 12 aromatic rings. The van der Waals surface area contributed by atoms with Gasteiger partial charge in [-0.2, -0.15) is 0 Å². The van der Waals surface area contributed by atoms with Gasteiger partial charge in [0.25, 0.3) is 0 Å². The van der Waals surface area contributed by atoms with E-state index in [1.165, 1.54) is 33.4 Å². The van der Waals surface area contributed by atoms with Crippen LogP contribution in [0.3, 0.4) is 0 Å². The highest BCUT2D eigenvalue weighted by atomic mass is 35.6. The summed E-state index contributed by atoms with van der Waals surface area (Å²) in [6, 6.07) is 106. The third kappa shape index (κ3) is 9.08. The van der Waals surface area contributed by atoms with Crippen molar-refractivity contribution in [1.82, 2.24) is 0 Å². The quantitative estimate of drug-likeness (QED) is 0.0650. The van der Waals surface area contributed by atoms with Gasteiger partial charge in [0.05, 0.1) is 0 Å². The molecule has 0 bridgehead atoms. The van der Waals surface area contributed by atoms with Crippen LogP contribution in [0.25, 0.3) is 100 Å². The predicted molar refractivity (Wildman–Crippen MR) is 333 cm³/mol. The fourth-order valence-electron chi connectivity index (χ4n) is 12.1. The molecule has 0 amide bonds. The minimum atomic E-state index is -4.05. The molecule has 0 aliphatic rings. The number of hydrogen-bond donors (Lipinski definition) is 0. The molecule has 0 unspecified atom stereocenters. The lowest BCUT2D eigenvalue weighted by atomic mass is 9.86. The van der Waals surface area contributed by atoms with Gasteiger partial charge in [0.2, 0.25) is 7.38 Å². The van der Waals surface area contributed by atoms with Crippen molar-refractivity contribution < 1.29 is 0 Å². The third-order valence-corrected chi connectivity index (χ3v) is 20.7. The molecule has 0 nitrogen and oxygen atoms in total. The molecule has 77 heavy (non-hydrogen) atoms. The molecule has 0 atom stereocenters. The van der Waals surface area contributed by atoms with Crippen LogP contribution in [-0.4, -0.2) is 7.38 Å². The van der Waals surface area contributed by atoms with E-state index in [0.717, 1.165) is 99.0 Å². The Labute approximate surface area is 460 Å². The van der Waals surface area contributed by atoms with E-state index < -0.39 is 7.38 Å². The molecule has 368 valence electrons. The molecular weight excluding hydrogens is 964 g/mol. The lowest BCUT2D eigenvalue weighted by Gasteiger charge is -2.37. The molecule has 0 N–H and O–H groups in total. The Morgan fingerprint density at radius 3 is 0.545 bits per heavy atom. The van der Waals surface area contributed by atoms with Crippen LogP contribution >= 0.6 is 11.1 Å². The topological polar surface area (TPSA) is 0 Å². The van der Waals surface area contributed by atoms with E-state index in [1.54, 1.807) is 0 Å². The molecule has 0 spiro atoms. The van der Waals surface area contributed by atoms with Crippen LogP contribution in [0.5, 0.6) is 0 Å². The second-order valence-electron chi connectivity index (χ2n) is 20.0. The second kappa shape index (κ2) is 21.4. The fourth-order valence-corrected chi connectivity index (χ4v) is 17.4. The minimum Gasteiger partial charge on any atom is -0.149 e. The Bertz CT molecular complexity index is 3570. The second-order valence-corrected chi connectivity index (χ2v) is 24.6. The fraction of sp³-hybridized carbons (Fsp3) is 0.0400. The summed E-state index contributed by atoms with van der Waals surface area (Å²) in [6.45, 7) is 7.00. The third-order valence-electron chi connectivity index (χ3n) is 15.5. The zero-order valence-electron chi connectivity index (χ0n) is 43.6. The highest BCUT2D eigenvalue weighted by Crippen LogP contribution is 2.46. The summed E-state index contributed by atoms with van der Waals surface area (Å²) in [7, 11) is -4.05. The molecule has 0 aliphatic carbocycles. The van der Waals surface area contributed by atoms with Crippen LogP contribution in [0.15, 0.2) is 291 Å². The van der Waals surface area contributed by atoms with Crippen molar-refractivity contribution in [3.05, 3.63) is 308 Å². The molecule has 0 aliphatic heterocycles. The Morgan fingerprint density at radius 2 is 0.364 bits per heavy atom. The van der Waals surface area contributed by atoms with E-state index >= 15 is 0 Å². The maximum atomic E-state index is 9.91. The van der Waals surface area contributed by atoms with Crippen molar-refractivity contribution >= 4 is 34.0 Å². The highest BCUT2D eigenvalue weighted by molar-refractivity contribution is 7.41. The zero-order valence-corrected chi connectivity index (χ0v) is 45.3. The van der Waals surface area contributed by atoms with Gasteiger partial charge in [0, 0.05) is 0 Å². The van der Waals surface area contributed by atoms with Crippen molar-refractivity contribution in [2.45, 2.75) is 20.8 Å². The summed E-state index contributed by atoms with van der Waals surface area (Å²) in [5.74, 6) is 0. The molecule has 12 rings (SSSR count). The Balaban J connectivity index is 1.37. The van der Waals surface area contributed by atoms with Gasteiger partial charge in [0.1, 0.15) is 0 Å². The van der Waals surface area contributed by atoms with E-state index in [0.29, 0.717) is 0 Å². The molecule has 0 heterocycles. The molecule has 12 aromatic carbocycles. The first-order chi connectivity index (χ1) is 37.9. The van der Waals surface area contributed by atoms with E-state index in [1.807, 2.05) is 0 Å². The SMILES string of the molecule is Cc1c(-c2ccccc2)c(-c2ccccc2)cc([Si](Cl)(c2cc(-c3ccccc3)c(-c3ccccc3)c(C)c2-c2ccccc2)c2cc(-c3ccccc3)c(-c3ccccc3)c(C)c2-c2ccccc2)c1-c1ccccc1. The predicted octanol–water partition coefficient (Wildman–Crippen LogP) is 18.8. The summed E-state index contributed by atoms with van der Waals surface area (Å²) in [5, 5.41) is 3.40. The van der Waals surface area contributed by atoms with Crippen LogP contribution < -0.4 is 15.6 Å². The average Bonchev–Trinajstić information content (AvgIpc) is 3.60. The van der Waals surface area contributed by atoms with Crippen LogP contribution in [-0.2, 0) is 0 Å². The summed E-state index contributed by atoms with van der Waals surface area (Å²) >= 11 is 9.91. The van der Waals surface area contributed by atoms with E-state index in [-0.39, 0.29) is 0 Å². The van der Waals surface area contributed by atoms with Gasteiger partial charge in [-0.25, -0.2) is 0 Å². The first-order valence-corrected chi connectivity index (χ1v) is 29.6.